The zero-order valence-electron chi connectivity index (χ0n) is 23.3. The maximum absolute atomic E-state index is 13.4. The standard InChI is InChI=1S/C27H43N7O4S/c1-4-19-18-32(2)24-25(34(19)20-9-5-6-10-20)30-27(28,31-26(24)35)29-22-12-11-21(17-23(22)38-3)39(36,37)16-15-33-13-7-8-14-33/h11-12,17,19-20,29-30H,4-10,13-16,18,28H2,1-3H3,(H,31,35)/t19?,27-/m1/s1. The molecule has 12 heteroatoms. The number of carbonyl (C=O) groups excluding carboxylic acids is 1. The summed E-state index contributed by atoms with van der Waals surface area (Å²) in [6.07, 6.45) is 7.72. The Morgan fingerprint density at radius 1 is 1.15 bits per heavy atom. The number of likely N-dealkylation sites (N-methyl/N-ethyl adjacent to an activating group) is 1. The van der Waals surface area contributed by atoms with Gasteiger partial charge >= 0.3 is 0 Å². The van der Waals surface area contributed by atoms with Crippen LogP contribution in [0.5, 0.6) is 5.75 Å². The molecule has 1 aromatic rings. The van der Waals surface area contributed by atoms with Gasteiger partial charge in [-0.15, -0.1) is 0 Å². The van der Waals surface area contributed by atoms with Gasteiger partial charge in [-0.3, -0.25) is 15.8 Å². The van der Waals surface area contributed by atoms with Crippen LogP contribution in [0.4, 0.5) is 5.69 Å². The van der Waals surface area contributed by atoms with Gasteiger partial charge in [0.25, 0.3) is 5.91 Å². The van der Waals surface area contributed by atoms with E-state index in [4.69, 9.17) is 10.5 Å². The van der Waals surface area contributed by atoms with Crippen molar-refractivity contribution in [2.75, 3.05) is 51.4 Å². The number of nitrogens with two attached hydrogens (primary N) is 1. The lowest BCUT2D eigenvalue weighted by molar-refractivity contribution is -0.123. The highest BCUT2D eigenvalue weighted by atomic mass is 32.2. The predicted octanol–water partition coefficient (Wildman–Crippen LogP) is 1.40. The number of nitrogens with zero attached hydrogens (tertiary/aromatic N) is 3. The molecule has 3 aliphatic heterocycles. The summed E-state index contributed by atoms with van der Waals surface area (Å²) in [6.45, 7) is 5.37. The van der Waals surface area contributed by atoms with E-state index in [0.29, 0.717) is 29.7 Å². The molecule has 3 heterocycles. The number of hydrogen-bond donors (Lipinski definition) is 4. The largest absolute Gasteiger partial charge is 0.495 e. The molecule has 1 saturated heterocycles. The molecule has 1 amide bonds. The lowest BCUT2D eigenvalue weighted by atomic mass is 10.0. The second-order valence-corrected chi connectivity index (χ2v) is 13.3. The molecule has 2 fully saturated rings. The Hall–Kier alpha value is -2.70. The molecule has 1 unspecified atom stereocenters. The summed E-state index contributed by atoms with van der Waals surface area (Å²) < 4.78 is 31.7. The van der Waals surface area contributed by atoms with Crippen molar-refractivity contribution < 1.29 is 17.9 Å². The molecule has 5 N–H and O–H groups in total. The Balaban J connectivity index is 1.38. The first kappa shape index (κ1) is 27.9. The minimum Gasteiger partial charge on any atom is -0.495 e. The highest BCUT2D eigenvalue weighted by molar-refractivity contribution is 7.91. The SMILES string of the molecule is CCC1CN(C)C2=C(N[C@@](N)(Nc3ccc(S(=O)(=O)CCN4CCCC4)cc3OC)NC2=O)N1C1CCCC1. The van der Waals surface area contributed by atoms with Crippen LogP contribution in [-0.4, -0.2) is 93.1 Å². The molecular weight excluding hydrogens is 518 g/mol. The van der Waals surface area contributed by atoms with Crippen LogP contribution in [0.2, 0.25) is 0 Å². The minimum absolute atomic E-state index is 0.0570. The number of methoxy groups -OCH3 is 1. The number of anilines is 1. The molecule has 2 atom stereocenters. The number of hydrogen-bond acceptors (Lipinski definition) is 10. The molecular formula is C27H43N7O4S. The third-order valence-electron chi connectivity index (χ3n) is 8.51. The van der Waals surface area contributed by atoms with Crippen molar-refractivity contribution in [2.24, 2.45) is 5.73 Å². The summed E-state index contributed by atoms with van der Waals surface area (Å²) in [5.74, 6) is -0.647. The summed E-state index contributed by atoms with van der Waals surface area (Å²) in [6, 6.07) is 5.35. The van der Waals surface area contributed by atoms with E-state index in [2.05, 4.69) is 32.7 Å². The number of rotatable bonds is 9. The van der Waals surface area contributed by atoms with Crippen molar-refractivity contribution >= 4 is 21.4 Å². The quantitative estimate of drug-likeness (QED) is 0.328. The van der Waals surface area contributed by atoms with Crippen LogP contribution >= 0.6 is 0 Å². The van der Waals surface area contributed by atoms with Gasteiger partial charge < -0.3 is 30.1 Å². The highest BCUT2D eigenvalue weighted by Gasteiger charge is 2.46. The molecule has 216 valence electrons. The topological polar surface area (TPSA) is 132 Å². The van der Waals surface area contributed by atoms with Crippen LogP contribution in [0, 0.1) is 0 Å². The maximum Gasteiger partial charge on any atom is 0.275 e. The minimum atomic E-state index is -3.49. The summed E-state index contributed by atoms with van der Waals surface area (Å²) in [5.41, 5.74) is 7.79. The third kappa shape index (κ3) is 5.64. The normalized spacial score (nSPS) is 26.5. The number of likely N-dealkylation sites (tertiary alicyclic amines) is 1. The molecule has 1 aromatic carbocycles. The molecule has 0 radical (unpaired) electrons. The summed E-state index contributed by atoms with van der Waals surface area (Å²) >= 11 is 0. The van der Waals surface area contributed by atoms with Gasteiger partial charge in [-0.2, -0.15) is 0 Å². The molecule has 1 saturated carbocycles. The number of benzene rings is 1. The molecule has 5 rings (SSSR count). The van der Waals surface area contributed by atoms with E-state index in [1.165, 1.54) is 26.0 Å². The van der Waals surface area contributed by atoms with Crippen LogP contribution in [0.15, 0.2) is 34.6 Å². The number of amides is 1. The highest BCUT2D eigenvalue weighted by Crippen LogP contribution is 2.36. The molecule has 39 heavy (non-hydrogen) atoms. The Labute approximate surface area is 232 Å². The lowest BCUT2D eigenvalue weighted by Gasteiger charge is -2.52. The van der Waals surface area contributed by atoms with Gasteiger partial charge in [0, 0.05) is 38.3 Å². The van der Waals surface area contributed by atoms with Crippen LogP contribution in [0.25, 0.3) is 0 Å². The second-order valence-electron chi connectivity index (χ2n) is 11.2. The Morgan fingerprint density at radius 3 is 2.54 bits per heavy atom. The first-order valence-electron chi connectivity index (χ1n) is 14.2. The predicted molar refractivity (Wildman–Crippen MR) is 150 cm³/mol. The average molecular weight is 562 g/mol. The fourth-order valence-electron chi connectivity index (χ4n) is 6.45. The van der Waals surface area contributed by atoms with E-state index < -0.39 is 15.7 Å². The van der Waals surface area contributed by atoms with E-state index in [1.54, 1.807) is 12.1 Å². The smallest absolute Gasteiger partial charge is 0.275 e. The monoisotopic (exact) mass is 561 g/mol. The number of sulfone groups is 1. The first-order chi connectivity index (χ1) is 18.6. The van der Waals surface area contributed by atoms with Crippen molar-refractivity contribution in [3.8, 4) is 5.75 Å². The van der Waals surface area contributed by atoms with Gasteiger partial charge in [0.15, 0.2) is 9.84 Å². The lowest BCUT2D eigenvalue weighted by Crippen LogP contribution is -2.76. The Kier molecular flexibility index (Phi) is 7.89. The Bertz CT molecular complexity index is 1210. The summed E-state index contributed by atoms with van der Waals surface area (Å²) in [7, 11) is -0.0614. The summed E-state index contributed by atoms with van der Waals surface area (Å²) in [5, 5.41) is 9.45. The molecule has 4 aliphatic rings. The van der Waals surface area contributed by atoms with E-state index in [9.17, 15) is 13.2 Å². The van der Waals surface area contributed by atoms with Crippen LogP contribution < -0.4 is 26.4 Å². The second kappa shape index (κ2) is 11.1. The van der Waals surface area contributed by atoms with E-state index in [-0.39, 0.29) is 22.6 Å². The Morgan fingerprint density at radius 2 is 1.87 bits per heavy atom. The molecule has 11 nitrogen and oxygen atoms in total. The van der Waals surface area contributed by atoms with E-state index in [0.717, 1.165) is 57.6 Å². The fourth-order valence-corrected chi connectivity index (χ4v) is 7.74. The molecule has 0 aromatic heterocycles. The molecule has 0 spiro atoms. The number of carbonyl (C=O) groups is 1. The average Bonchev–Trinajstić information content (AvgIpc) is 3.61. The fraction of sp³-hybridized carbons (Fsp3) is 0.667. The van der Waals surface area contributed by atoms with Gasteiger partial charge in [0.2, 0.25) is 5.91 Å². The maximum atomic E-state index is 13.4. The van der Waals surface area contributed by atoms with Gasteiger partial charge in [-0.25, -0.2) is 8.42 Å². The van der Waals surface area contributed by atoms with Crippen molar-refractivity contribution in [3.63, 3.8) is 0 Å². The van der Waals surface area contributed by atoms with Gasteiger partial charge in [-0.1, -0.05) is 19.8 Å². The number of nitrogens with one attached hydrogen (secondary N) is 3. The van der Waals surface area contributed by atoms with Crippen molar-refractivity contribution in [1.82, 2.24) is 25.3 Å². The van der Waals surface area contributed by atoms with Crippen LogP contribution in [0.1, 0.15) is 51.9 Å². The molecule has 0 bridgehead atoms. The number of ether oxygens (including phenoxy) is 1. The summed E-state index contributed by atoms with van der Waals surface area (Å²) in [4.78, 5) is 20.2. The van der Waals surface area contributed by atoms with Crippen molar-refractivity contribution in [1.29, 1.82) is 0 Å². The molecule has 1 aliphatic carbocycles. The zero-order chi connectivity index (χ0) is 27.8. The van der Waals surface area contributed by atoms with Crippen LogP contribution in [-0.2, 0) is 14.6 Å². The van der Waals surface area contributed by atoms with E-state index >= 15 is 0 Å². The zero-order valence-corrected chi connectivity index (χ0v) is 24.1. The van der Waals surface area contributed by atoms with Crippen molar-refractivity contribution in [2.45, 2.75) is 74.8 Å². The van der Waals surface area contributed by atoms with Gasteiger partial charge in [0.05, 0.1) is 23.4 Å². The van der Waals surface area contributed by atoms with Crippen molar-refractivity contribution in [3.05, 3.63) is 29.7 Å². The van der Waals surface area contributed by atoms with Gasteiger partial charge in [-0.05, 0) is 57.3 Å². The van der Waals surface area contributed by atoms with E-state index in [1.807, 2.05) is 11.9 Å². The first-order valence-corrected chi connectivity index (χ1v) is 15.8. The van der Waals surface area contributed by atoms with Crippen LogP contribution in [0.3, 0.4) is 0 Å². The third-order valence-corrected chi connectivity index (χ3v) is 10.2. The van der Waals surface area contributed by atoms with Gasteiger partial charge in [0.1, 0.15) is 17.3 Å².